The zero-order chi connectivity index (χ0) is 28.3. The first kappa shape index (κ1) is 31.6. The normalized spacial score (nSPS) is 23.5. The lowest BCUT2D eigenvalue weighted by molar-refractivity contribution is -0.196. The molecule has 0 saturated heterocycles. The number of hydrogen-bond acceptors (Lipinski definition) is 7. The van der Waals surface area contributed by atoms with Gasteiger partial charge in [0.15, 0.2) is 0 Å². The van der Waals surface area contributed by atoms with Gasteiger partial charge in [-0.25, -0.2) is 0 Å². The lowest BCUT2D eigenvalue weighted by atomic mass is 9.83. The smallest absolute Gasteiger partial charge is 0.120 e. The van der Waals surface area contributed by atoms with Gasteiger partial charge in [0.1, 0.15) is 12.2 Å². The van der Waals surface area contributed by atoms with Crippen molar-refractivity contribution in [1.29, 1.82) is 0 Å². The van der Waals surface area contributed by atoms with Gasteiger partial charge in [-0.2, -0.15) is 9.88 Å². The highest BCUT2D eigenvalue weighted by Crippen LogP contribution is 2.41. The molecule has 3 rings (SSSR count). The molecule has 1 aromatic carbocycles. The van der Waals surface area contributed by atoms with Gasteiger partial charge in [-0.15, -0.1) is 0 Å². The van der Waals surface area contributed by atoms with Crippen LogP contribution in [-0.4, -0.2) is 49.7 Å². The molecule has 1 fully saturated rings. The van der Waals surface area contributed by atoms with Crippen LogP contribution in [0.4, 0.5) is 9.05 Å². The number of halogens is 2. The van der Waals surface area contributed by atoms with Crippen molar-refractivity contribution in [2.24, 2.45) is 34.5 Å². The Labute approximate surface area is 231 Å². The minimum atomic E-state index is -0.650. The lowest BCUT2D eigenvalue weighted by Crippen LogP contribution is -2.44. The van der Waals surface area contributed by atoms with Gasteiger partial charge >= 0.3 is 0 Å². The Bertz CT molecular complexity index is 919. The van der Waals surface area contributed by atoms with Gasteiger partial charge in [0, 0.05) is 25.6 Å². The molecule has 0 radical (unpaired) electrons. The summed E-state index contributed by atoms with van der Waals surface area (Å²) in [6, 6.07) is 7.87. The number of benzene rings is 1. The van der Waals surface area contributed by atoms with Gasteiger partial charge < -0.3 is 27.0 Å². The largest absolute Gasteiger partial charge is 0.498 e. The molecule has 0 amide bonds. The summed E-state index contributed by atoms with van der Waals surface area (Å²) in [5.41, 5.74) is 20.4. The van der Waals surface area contributed by atoms with E-state index >= 15 is 0 Å². The Kier molecular flexibility index (Phi) is 12.8. The molecule has 7 nitrogen and oxygen atoms in total. The molecule has 0 aromatic heterocycles. The fourth-order valence-corrected chi connectivity index (χ4v) is 6.05. The van der Waals surface area contributed by atoms with Crippen molar-refractivity contribution in [2.75, 3.05) is 26.3 Å². The SMILES string of the molecule is C=C(CCCCCC[C@@H]1[C@@H](CC[C@@H](OF)C2=Cc3ccccc3C2)[C@H](OF)C[C@@H]1N)OCC(CN)(CN)CO. The molecule has 1 saturated carbocycles. The van der Waals surface area contributed by atoms with Crippen molar-refractivity contribution in [3.8, 4) is 0 Å². The number of rotatable bonds is 19. The van der Waals surface area contributed by atoms with Gasteiger partial charge in [-0.1, -0.05) is 56.2 Å². The van der Waals surface area contributed by atoms with Crippen molar-refractivity contribution < 1.29 is 28.8 Å². The fourth-order valence-electron chi connectivity index (χ4n) is 6.05. The van der Waals surface area contributed by atoms with Crippen molar-refractivity contribution in [1.82, 2.24) is 0 Å². The second-order valence-corrected chi connectivity index (χ2v) is 11.5. The van der Waals surface area contributed by atoms with Crippen LogP contribution in [-0.2, 0) is 21.0 Å². The molecule has 5 atom stereocenters. The van der Waals surface area contributed by atoms with Crippen LogP contribution >= 0.6 is 0 Å². The maximum atomic E-state index is 13.6. The van der Waals surface area contributed by atoms with Crippen molar-refractivity contribution in [3.05, 3.63) is 53.3 Å². The number of aliphatic hydroxyl groups is 1. The van der Waals surface area contributed by atoms with Gasteiger partial charge in [0.2, 0.25) is 0 Å². The van der Waals surface area contributed by atoms with Crippen LogP contribution in [0.15, 0.2) is 42.2 Å². The zero-order valence-electron chi connectivity index (χ0n) is 23.0. The van der Waals surface area contributed by atoms with Crippen molar-refractivity contribution in [2.45, 2.75) is 82.5 Å². The van der Waals surface area contributed by atoms with Crippen LogP contribution in [0, 0.1) is 17.3 Å². The molecular weight excluding hydrogens is 504 g/mol. The van der Waals surface area contributed by atoms with Gasteiger partial charge in [0.05, 0.1) is 24.4 Å². The van der Waals surface area contributed by atoms with E-state index in [1.54, 1.807) is 0 Å². The van der Waals surface area contributed by atoms with Crippen LogP contribution < -0.4 is 17.2 Å². The van der Waals surface area contributed by atoms with E-state index in [1.165, 1.54) is 5.56 Å². The summed E-state index contributed by atoms with van der Waals surface area (Å²) in [5.74, 6) is 0.718. The van der Waals surface area contributed by atoms with E-state index < -0.39 is 17.6 Å². The van der Waals surface area contributed by atoms with Crippen molar-refractivity contribution >= 4 is 6.08 Å². The minimum absolute atomic E-state index is 0.0721. The Morgan fingerprint density at radius 1 is 1.08 bits per heavy atom. The van der Waals surface area contributed by atoms with Crippen LogP contribution in [0.5, 0.6) is 0 Å². The monoisotopic (exact) mass is 551 g/mol. The molecule has 2 aliphatic carbocycles. The maximum absolute atomic E-state index is 13.6. The Balaban J connectivity index is 1.40. The first-order chi connectivity index (χ1) is 18.9. The molecule has 220 valence electrons. The molecule has 2 aliphatic rings. The van der Waals surface area contributed by atoms with Gasteiger partial charge in [0.25, 0.3) is 0 Å². The highest BCUT2D eigenvalue weighted by atomic mass is 19.3. The second-order valence-electron chi connectivity index (χ2n) is 11.5. The third-order valence-electron chi connectivity index (χ3n) is 8.80. The molecule has 0 bridgehead atoms. The number of hydrogen-bond donors (Lipinski definition) is 4. The van der Waals surface area contributed by atoms with Gasteiger partial charge in [-0.05, 0) is 76.1 Å². The summed E-state index contributed by atoms with van der Waals surface area (Å²) < 4.78 is 32.7. The maximum Gasteiger partial charge on any atom is 0.120 e. The van der Waals surface area contributed by atoms with Crippen LogP contribution in [0.1, 0.15) is 68.9 Å². The Hall–Kier alpha value is -1.88. The summed E-state index contributed by atoms with van der Waals surface area (Å²) in [6.07, 6.45) is 8.50. The summed E-state index contributed by atoms with van der Waals surface area (Å²) in [5, 5.41) is 9.55. The zero-order valence-corrected chi connectivity index (χ0v) is 23.0. The van der Waals surface area contributed by atoms with E-state index in [0.29, 0.717) is 31.4 Å². The number of fused-ring (bicyclic) bond motifs is 1. The number of aliphatic hydroxyl groups excluding tert-OH is 1. The molecule has 0 spiro atoms. The van der Waals surface area contributed by atoms with Gasteiger partial charge in [-0.3, -0.25) is 0 Å². The molecule has 9 heteroatoms. The Morgan fingerprint density at radius 3 is 2.49 bits per heavy atom. The van der Waals surface area contributed by atoms with Crippen molar-refractivity contribution in [3.63, 3.8) is 0 Å². The molecule has 0 aliphatic heterocycles. The van der Waals surface area contributed by atoms with E-state index in [0.717, 1.165) is 49.7 Å². The highest BCUT2D eigenvalue weighted by molar-refractivity contribution is 5.64. The quantitative estimate of drug-likeness (QED) is 0.145. The summed E-state index contributed by atoms with van der Waals surface area (Å²) in [4.78, 5) is 8.70. The average molecular weight is 552 g/mol. The second kappa shape index (κ2) is 15.8. The number of unbranched alkanes of at least 4 members (excludes halogenated alkanes) is 3. The van der Waals surface area contributed by atoms with Crippen LogP contribution in [0.3, 0.4) is 0 Å². The molecule has 0 unspecified atom stereocenters. The predicted molar refractivity (Wildman–Crippen MR) is 149 cm³/mol. The van der Waals surface area contributed by atoms with E-state index in [2.05, 4.69) is 16.5 Å². The third-order valence-corrected chi connectivity index (χ3v) is 8.80. The van der Waals surface area contributed by atoms with E-state index in [9.17, 15) is 14.2 Å². The fraction of sp³-hybridized carbons (Fsp3) is 0.667. The molecule has 0 heterocycles. The van der Waals surface area contributed by atoms with E-state index in [4.69, 9.17) is 21.9 Å². The first-order valence-corrected chi connectivity index (χ1v) is 14.3. The summed E-state index contributed by atoms with van der Waals surface area (Å²) in [6.45, 7) is 4.60. The third kappa shape index (κ3) is 8.55. The number of ether oxygens (including phenoxy) is 1. The van der Waals surface area contributed by atoms with E-state index in [-0.39, 0.29) is 44.2 Å². The summed E-state index contributed by atoms with van der Waals surface area (Å²) >= 11 is 0. The standard InChI is InChI=1S/C30H47F2N3O4/c1-21(37-20-30(17-33,18-34)19-36)8-4-2-3-5-11-25-26(29(39-32)16-27(25)35)12-13-28(38-31)24-14-22-9-6-7-10-23(22)15-24/h6-7,9-10,14,25-29,36H,1-5,8,11-13,15-20,33-35H2/t25-,26-,27+,28-,29-/m1/s1. The lowest BCUT2D eigenvalue weighted by Gasteiger charge is -2.29. The molecule has 1 aromatic rings. The minimum Gasteiger partial charge on any atom is -0.498 e. The predicted octanol–water partition coefficient (Wildman–Crippen LogP) is 4.68. The summed E-state index contributed by atoms with van der Waals surface area (Å²) in [7, 11) is 0. The average Bonchev–Trinajstić information content (AvgIpc) is 3.52. The number of nitrogens with two attached hydrogens (primary N) is 3. The molecule has 7 N–H and O–H groups in total. The molecular formula is C30H47F2N3O4. The van der Waals surface area contributed by atoms with Crippen LogP contribution in [0.2, 0.25) is 0 Å². The first-order valence-electron chi connectivity index (χ1n) is 14.3. The topological polar surface area (TPSA) is 126 Å². The Morgan fingerprint density at radius 2 is 1.82 bits per heavy atom. The van der Waals surface area contributed by atoms with Crippen LogP contribution in [0.25, 0.3) is 6.08 Å². The van der Waals surface area contributed by atoms with E-state index in [1.807, 2.05) is 30.3 Å². The molecule has 39 heavy (non-hydrogen) atoms. The number of allylic oxidation sites excluding steroid dienone is 1. The highest BCUT2D eigenvalue weighted by Gasteiger charge is 2.42.